The monoisotopic (exact) mass is 360 g/mol. The van der Waals surface area contributed by atoms with E-state index in [9.17, 15) is 9.65 Å². The van der Waals surface area contributed by atoms with E-state index in [0.717, 1.165) is 29.0 Å². The molecule has 0 unspecified atom stereocenters. The summed E-state index contributed by atoms with van der Waals surface area (Å²) in [5, 5.41) is 9.67. The average molecular weight is 360 g/mol. The Hall–Kier alpha value is -3.59. The van der Waals surface area contributed by atoms with Crippen LogP contribution in [0.15, 0.2) is 42.5 Å². The summed E-state index contributed by atoms with van der Waals surface area (Å²) >= 11 is 0. The number of hydrogen-bond donors (Lipinski definition) is 1. The molecular formula is C21H15FN3O2+. The highest BCUT2D eigenvalue weighted by Crippen LogP contribution is 2.41. The molecule has 0 radical (unpaired) electrons. The van der Waals surface area contributed by atoms with Crippen LogP contribution < -0.4 is 19.8 Å². The van der Waals surface area contributed by atoms with Crippen LogP contribution in [0.5, 0.6) is 11.5 Å². The van der Waals surface area contributed by atoms with Crippen molar-refractivity contribution in [2.75, 3.05) is 12.5 Å². The number of rotatable bonds is 1. The quantitative estimate of drug-likeness (QED) is 0.677. The fourth-order valence-electron chi connectivity index (χ4n) is 3.82. The standard InChI is InChI=1S/C21H14FN3O2/c22-17-4-2-1-3-13(17)15-8-18-14-9-20-19(26-11-27-20)7-12(14)5-6-25(18)21(24)16(15)10-23/h1-4,7-9,24H,5-6,11H2/p+1. The molecule has 0 atom stereocenters. The third kappa shape index (κ3) is 2.25. The maximum Gasteiger partial charge on any atom is 0.291 e. The van der Waals surface area contributed by atoms with Crippen LogP contribution in [-0.4, -0.2) is 6.79 Å². The van der Waals surface area contributed by atoms with Crippen molar-refractivity contribution in [1.29, 1.82) is 5.26 Å². The predicted molar refractivity (Wildman–Crippen MR) is 96.4 cm³/mol. The molecule has 2 aliphatic rings. The first kappa shape index (κ1) is 15.6. The van der Waals surface area contributed by atoms with Gasteiger partial charge in [-0.15, -0.1) is 0 Å². The van der Waals surface area contributed by atoms with Gasteiger partial charge in [0.25, 0.3) is 5.82 Å². The largest absolute Gasteiger partial charge is 0.454 e. The number of ether oxygens (including phenoxy) is 2. The van der Waals surface area contributed by atoms with E-state index in [0.29, 0.717) is 29.2 Å². The summed E-state index contributed by atoms with van der Waals surface area (Å²) in [6.07, 6.45) is 0.762. The molecule has 2 aliphatic heterocycles. The highest BCUT2D eigenvalue weighted by molar-refractivity contribution is 5.80. The lowest BCUT2D eigenvalue weighted by Crippen LogP contribution is -2.43. The molecule has 6 heteroatoms. The molecule has 0 amide bonds. The van der Waals surface area contributed by atoms with Crippen molar-refractivity contribution in [2.24, 2.45) is 0 Å². The van der Waals surface area contributed by atoms with Gasteiger partial charge in [0.15, 0.2) is 11.5 Å². The Bertz CT molecular complexity index is 1150. The van der Waals surface area contributed by atoms with E-state index in [1.807, 2.05) is 22.8 Å². The van der Waals surface area contributed by atoms with Crippen molar-refractivity contribution in [3.63, 3.8) is 0 Å². The Kier molecular flexibility index (Phi) is 3.31. The third-order valence-electron chi connectivity index (χ3n) is 5.14. The fraction of sp³-hybridized carbons (Fsp3) is 0.143. The van der Waals surface area contributed by atoms with Crippen molar-refractivity contribution >= 4 is 5.82 Å². The zero-order chi connectivity index (χ0) is 18.5. The van der Waals surface area contributed by atoms with Gasteiger partial charge in [-0.1, -0.05) is 18.2 Å². The zero-order valence-electron chi connectivity index (χ0n) is 14.3. The molecule has 0 saturated carbocycles. The van der Waals surface area contributed by atoms with Crippen LogP contribution in [0.3, 0.4) is 0 Å². The zero-order valence-corrected chi connectivity index (χ0v) is 14.3. The lowest BCUT2D eigenvalue weighted by atomic mass is 9.92. The van der Waals surface area contributed by atoms with Crippen LogP contribution in [0, 0.1) is 17.1 Å². The molecule has 3 aromatic rings. The fourth-order valence-corrected chi connectivity index (χ4v) is 3.82. The van der Waals surface area contributed by atoms with Gasteiger partial charge in [-0.05, 0) is 29.8 Å². The molecule has 0 spiro atoms. The minimum absolute atomic E-state index is 0.203. The number of benzene rings is 2. The normalized spacial score (nSPS) is 13.6. The van der Waals surface area contributed by atoms with Crippen molar-refractivity contribution in [2.45, 2.75) is 13.0 Å². The molecule has 2 aromatic carbocycles. The summed E-state index contributed by atoms with van der Waals surface area (Å²) < 4.78 is 27.3. The van der Waals surface area contributed by atoms with E-state index in [4.69, 9.17) is 15.2 Å². The lowest BCUT2D eigenvalue weighted by Gasteiger charge is -2.21. The van der Waals surface area contributed by atoms with Gasteiger partial charge in [0.05, 0.1) is 6.54 Å². The van der Waals surface area contributed by atoms with E-state index in [2.05, 4.69) is 6.07 Å². The molecule has 5 rings (SSSR count). The Balaban J connectivity index is 1.80. The Morgan fingerprint density at radius 1 is 1.04 bits per heavy atom. The molecule has 0 fully saturated rings. The summed E-state index contributed by atoms with van der Waals surface area (Å²) in [4.78, 5) is 0. The number of nitrogen functional groups attached to an aromatic ring is 1. The van der Waals surface area contributed by atoms with Gasteiger partial charge >= 0.3 is 0 Å². The van der Waals surface area contributed by atoms with Crippen LogP contribution in [0.1, 0.15) is 11.1 Å². The summed E-state index contributed by atoms with van der Waals surface area (Å²) in [5.41, 5.74) is 10.4. The molecule has 1 aromatic heterocycles. The van der Waals surface area contributed by atoms with Crippen LogP contribution in [0.2, 0.25) is 0 Å². The number of nitrogens with two attached hydrogens (primary N) is 1. The van der Waals surface area contributed by atoms with E-state index >= 15 is 0 Å². The number of aromatic nitrogens is 1. The lowest BCUT2D eigenvalue weighted by molar-refractivity contribution is -0.673. The van der Waals surface area contributed by atoms with Gasteiger partial charge in [-0.2, -0.15) is 5.26 Å². The highest BCUT2D eigenvalue weighted by atomic mass is 19.1. The van der Waals surface area contributed by atoms with Crippen LogP contribution >= 0.6 is 0 Å². The first-order valence-electron chi connectivity index (χ1n) is 8.61. The molecule has 132 valence electrons. The minimum Gasteiger partial charge on any atom is -0.454 e. The van der Waals surface area contributed by atoms with Gasteiger partial charge in [0.2, 0.25) is 6.79 Å². The summed E-state index contributed by atoms with van der Waals surface area (Å²) in [5.74, 6) is 1.37. The summed E-state index contributed by atoms with van der Waals surface area (Å²) in [6, 6.07) is 14.3. The maximum absolute atomic E-state index is 14.4. The third-order valence-corrected chi connectivity index (χ3v) is 5.14. The van der Waals surface area contributed by atoms with Crippen molar-refractivity contribution in [1.82, 2.24) is 0 Å². The van der Waals surface area contributed by atoms with Crippen molar-refractivity contribution in [3.8, 4) is 40.0 Å². The molecule has 0 aliphatic carbocycles. The number of hydrogen-bond acceptors (Lipinski definition) is 4. The minimum atomic E-state index is -0.389. The number of aryl methyl sites for hydroxylation is 1. The Morgan fingerprint density at radius 3 is 2.59 bits per heavy atom. The van der Waals surface area contributed by atoms with E-state index < -0.39 is 0 Å². The van der Waals surface area contributed by atoms with Gasteiger partial charge in [0, 0.05) is 23.1 Å². The van der Waals surface area contributed by atoms with Crippen molar-refractivity contribution < 1.29 is 18.4 Å². The number of pyridine rings is 1. The number of anilines is 1. The molecule has 27 heavy (non-hydrogen) atoms. The molecule has 2 N–H and O–H groups in total. The van der Waals surface area contributed by atoms with Gasteiger partial charge in [0.1, 0.15) is 23.1 Å². The topological polar surface area (TPSA) is 72.2 Å². The molecular weight excluding hydrogens is 345 g/mol. The summed E-state index contributed by atoms with van der Waals surface area (Å²) in [6.45, 7) is 0.842. The van der Waals surface area contributed by atoms with E-state index in [1.165, 1.54) is 6.07 Å². The van der Waals surface area contributed by atoms with Gasteiger partial charge in [-0.25, -0.2) is 8.96 Å². The second kappa shape index (κ2) is 5.71. The second-order valence-corrected chi connectivity index (χ2v) is 6.56. The Labute approximate surface area is 155 Å². The predicted octanol–water partition coefficient (Wildman–Crippen LogP) is 3.19. The SMILES string of the molecule is N#Cc1c(-c2ccccc2F)cc2[n+](c1N)CCc1cc3c(cc1-2)OCO3. The number of fused-ring (bicyclic) bond motifs is 4. The molecule has 0 bridgehead atoms. The maximum atomic E-state index is 14.4. The van der Waals surface area contributed by atoms with Crippen molar-refractivity contribution in [3.05, 3.63) is 59.4 Å². The summed E-state index contributed by atoms with van der Waals surface area (Å²) in [7, 11) is 0. The van der Waals surface area contributed by atoms with E-state index in [-0.39, 0.29) is 18.2 Å². The smallest absolute Gasteiger partial charge is 0.291 e. The second-order valence-electron chi connectivity index (χ2n) is 6.56. The molecule has 5 nitrogen and oxygen atoms in total. The van der Waals surface area contributed by atoms with E-state index in [1.54, 1.807) is 18.2 Å². The van der Waals surface area contributed by atoms with Crippen LogP contribution in [0.25, 0.3) is 22.4 Å². The average Bonchev–Trinajstić information content (AvgIpc) is 3.14. The first-order chi connectivity index (χ1) is 13.2. The Morgan fingerprint density at radius 2 is 1.81 bits per heavy atom. The number of nitrogens with zero attached hydrogens (tertiary/aromatic N) is 2. The van der Waals surface area contributed by atoms with Crippen LogP contribution in [0.4, 0.5) is 10.2 Å². The molecule has 3 heterocycles. The highest BCUT2D eigenvalue weighted by Gasteiger charge is 2.30. The number of nitriles is 1. The molecule has 0 saturated heterocycles. The van der Waals surface area contributed by atoms with Gasteiger partial charge < -0.3 is 9.47 Å². The van der Waals surface area contributed by atoms with Gasteiger partial charge in [-0.3, -0.25) is 5.73 Å². The first-order valence-corrected chi connectivity index (χ1v) is 8.61. The van der Waals surface area contributed by atoms with Crippen LogP contribution in [-0.2, 0) is 13.0 Å². The number of halogens is 1.